The summed E-state index contributed by atoms with van der Waals surface area (Å²) in [6.45, 7) is 2.25. The third kappa shape index (κ3) is 2.34. The van der Waals surface area contributed by atoms with Crippen molar-refractivity contribution < 1.29 is 0 Å². The van der Waals surface area contributed by atoms with Gasteiger partial charge in [0.1, 0.15) is 5.52 Å². The Labute approximate surface area is 112 Å². The lowest BCUT2D eigenvalue weighted by Crippen LogP contribution is -2.32. The monoisotopic (exact) mass is 260 g/mol. The quantitative estimate of drug-likeness (QED) is 0.787. The van der Waals surface area contributed by atoms with Crippen LogP contribution < -0.4 is 11.1 Å². The van der Waals surface area contributed by atoms with E-state index < -0.39 is 0 Å². The predicted octanol–water partition coefficient (Wildman–Crippen LogP) is 2.32. The van der Waals surface area contributed by atoms with Crippen molar-refractivity contribution in [3.05, 3.63) is 6.33 Å². The summed E-state index contributed by atoms with van der Waals surface area (Å²) in [6, 6.07) is 0.472. The minimum Gasteiger partial charge on any atom is -0.368 e. The van der Waals surface area contributed by atoms with Crippen LogP contribution in [0.1, 0.15) is 39.0 Å². The summed E-state index contributed by atoms with van der Waals surface area (Å²) >= 11 is 0. The number of nitrogens with two attached hydrogens (primary N) is 1. The number of hydrogen-bond donors (Lipinski definition) is 3. The maximum absolute atomic E-state index is 5.74. The van der Waals surface area contributed by atoms with Crippen LogP contribution >= 0.6 is 0 Å². The lowest BCUT2D eigenvalue weighted by molar-refractivity contribution is 0.317. The standard InChI is InChI=1S/C13H20N6/c1-2-8-5-3-4-6-9(8)17-12-10-11(16-7-15-10)18-13(14)19-12/h7-9H,2-6H2,1H3,(H4,14,15,16,17,18,19). The first-order valence-corrected chi connectivity index (χ1v) is 7.01. The van der Waals surface area contributed by atoms with Gasteiger partial charge in [0.05, 0.1) is 6.33 Å². The topological polar surface area (TPSA) is 92.5 Å². The molecule has 0 bridgehead atoms. The van der Waals surface area contributed by atoms with Gasteiger partial charge >= 0.3 is 0 Å². The number of fused-ring (bicyclic) bond motifs is 1. The molecule has 2 aromatic heterocycles. The van der Waals surface area contributed by atoms with Gasteiger partial charge in [0.15, 0.2) is 11.5 Å². The Hall–Kier alpha value is -1.85. The SMILES string of the molecule is CCC1CCCCC1Nc1nc(N)nc2nc[nH]c12. The van der Waals surface area contributed by atoms with Crippen LogP contribution in [0.4, 0.5) is 11.8 Å². The highest BCUT2D eigenvalue weighted by atomic mass is 15.1. The zero-order chi connectivity index (χ0) is 13.2. The highest BCUT2D eigenvalue weighted by Crippen LogP contribution is 2.30. The molecular formula is C13H20N6. The van der Waals surface area contributed by atoms with E-state index in [9.17, 15) is 0 Å². The number of aromatic amines is 1. The third-order valence-corrected chi connectivity index (χ3v) is 4.06. The number of nitrogens with zero attached hydrogens (tertiary/aromatic N) is 3. The van der Waals surface area contributed by atoms with E-state index in [1.54, 1.807) is 6.33 Å². The van der Waals surface area contributed by atoms with E-state index in [4.69, 9.17) is 5.73 Å². The molecule has 1 fully saturated rings. The van der Waals surface area contributed by atoms with Crippen LogP contribution in [0.25, 0.3) is 11.2 Å². The first-order valence-electron chi connectivity index (χ1n) is 7.01. The first-order chi connectivity index (χ1) is 9.28. The molecule has 0 saturated heterocycles. The van der Waals surface area contributed by atoms with Crippen LogP contribution in [0, 0.1) is 5.92 Å². The van der Waals surface area contributed by atoms with Gasteiger partial charge in [-0.3, -0.25) is 0 Å². The molecular weight excluding hydrogens is 240 g/mol. The second-order valence-corrected chi connectivity index (χ2v) is 5.24. The molecule has 6 nitrogen and oxygen atoms in total. The molecule has 2 aromatic rings. The average Bonchev–Trinajstić information content (AvgIpc) is 2.87. The Morgan fingerprint density at radius 3 is 3.05 bits per heavy atom. The predicted molar refractivity (Wildman–Crippen MR) is 75.8 cm³/mol. The fraction of sp³-hybridized carbons (Fsp3) is 0.615. The molecule has 1 saturated carbocycles. The Balaban J connectivity index is 1.89. The molecule has 102 valence electrons. The van der Waals surface area contributed by atoms with Crippen LogP contribution in [0.2, 0.25) is 0 Å². The van der Waals surface area contributed by atoms with E-state index in [1.807, 2.05) is 0 Å². The Bertz CT molecular complexity index is 563. The van der Waals surface area contributed by atoms with Crippen molar-refractivity contribution in [2.24, 2.45) is 5.92 Å². The van der Waals surface area contributed by atoms with Gasteiger partial charge in [0.2, 0.25) is 5.95 Å². The van der Waals surface area contributed by atoms with Gasteiger partial charge in [-0.2, -0.15) is 9.97 Å². The summed E-state index contributed by atoms with van der Waals surface area (Å²) in [5.74, 6) is 1.76. The maximum atomic E-state index is 5.74. The number of aromatic nitrogens is 4. The summed E-state index contributed by atoms with van der Waals surface area (Å²) < 4.78 is 0. The average molecular weight is 260 g/mol. The molecule has 1 aliphatic carbocycles. The fourth-order valence-electron chi connectivity index (χ4n) is 3.02. The molecule has 19 heavy (non-hydrogen) atoms. The van der Waals surface area contributed by atoms with Crippen molar-refractivity contribution >= 4 is 22.9 Å². The van der Waals surface area contributed by atoms with Gasteiger partial charge < -0.3 is 16.0 Å². The fourth-order valence-corrected chi connectivity index (χ4v) is 3.02. The van der Waals surface area contributed by atoms with Crippen LogP contribution in [-0.4, -0.2) is 26.0 Å². The zero-order valence-electron chi connectivity index (χ0n) is 11.2. The molecule has 4 N–H and O–H groups in total. The van der Waals surface area contributed by atoms with Crippen LogP contribution in [-0.2, 0) is 0 Å². The summed E-state index contributed by atoms with van der Waals surface area (Å²) in [6.07, 6.45) is 7.92. The van der Waals surface area contributed by atoms with Crippen molar-refractivity contribution in [3.8, 4) is 0 Å². The molecule has 0 aromatic carbocycles. The van der Waals surface area contributed by atoms with Crippen molar-refractivity contribution in [1.29, 1.82) is 0 Å². The lowest BCUT2D eigenvalue weighted by Gasteiger charge is -2.31. The van der Waals surface area contributed by atoms with Gasteiger partial charge in [0.25, 0.3) is 0 Å². The largest absolute Gasteiger partial charge is 0.368 e. The van der Waals surface area contributed by atoms with Gasteiger partial charge in [-0.05, 0) is 18.8 Å². The van der Waals surface area contributed by atoms with Gasteiger partial charge in [-0.25, -0.2) is 4.98 Å². The Kier molecular flexibility index (Phi) is 3.23. The molecule has 2 atom stereocenters. The van der Waals surface area contributed by atoms with Crippen molar-refractivity contribution in [3.63, 3.8) is 0 Å². The van der Waals surface area contributed by atoms with Crippen molar-refractivity contribution in [2.45, 2.75) is 45.1 Å². The van der Waals surface area contributed by atoms with Crippen LogP contribution in [0.5, 0.6) is 0 Å². The minimum atomic E-state index is 0.269. The van der Waals surface area contributed by atoms with Crippen LogP contribution in [0.3, 0.4) is 0 Å². The maximum Gasteiger partial charge on any atom is 0.224 e. The van der Waals surface area contributed by atoms with E-state index in [0.717, 1.165) is 11.3 Å². The highest BCUT2D eigenvalue weighted by molar-refractivity contribution is 5.83. The molecule has 0 spiro atoms. The summed E-state index contributed by atoms with van der Waals surface area (Å²) in [5, 5.41) is 3.55. The molecule has 2 heterocycles. The van der Waals surface area contributed by atoms with Gasteiger partial charge in [-0.15, -0.1) is 0 Å². The lowest BCUT2D eigenvalue weighted by atomic mass is 9.83. The molecule has 2 unspecified atom stereocenters. The molecule has 0 radical (unpaired) electrons. The second kappa shape index (κ2) is 5.03. The Morgan fingerprint density at radius 1 is 1.37 bits per heavy atom. The number of anilines is 2. The third-order valence-electron chi connectivity index (χ3n) is 4.06. The number of hydrogen-bond acceptors (Lipinski definition) is 5. The van der Waals surface area contributed by atoms with Crippen molar-refractivity contribution in [2.75, 3.05) is 11.1 Å². The van der Waals surface area contributed by atoms with E-state index in [-0.39, 0.29) is 5.95 Å². The van der Waals surface area contributed by atoms with Crippen LogP contribution in [0.15, 0.2) is 6.33 Å². The van der Waals surface area contributed by atoms with E-state index in [1.165, 1.54) is 32.1 Å². The number of H-pyrrole nitrogens is 1. The van der Waals surface area contributed by atoms with Crippen molar-refractivity contribution in [1.82, 2.24) is 19.9 Å². The smallest absolute Gasteiger partial charge is 0.224 e. The second-order valence-electron chi connectivity index (χ2n) is 5.24. The number of rotatable bonds is 3. The minimum absolute atomic E-state index is 0.269. The number of nitrogen functional groups attached to an aromatic ring is 1. The molecule has 6 heteroatoms. The Morgan fingerprint density at radius 2 is 2.21 bits per heavy atom. The van der Waals surface area contributed by atoms with Gasteiger partial charge in [0, 0.05) is 6.04 Å². The summed E-state index contributed by atoms with van der Waals surface area (Å²) in [5.41, 5.74) is 7.21. The highest BCUT2D eigenvalue weighted by Gasteiger charge is 2.24. The molecule has 1 aliphatic rings. The summed E-state index contributed by atoms with van der Waals surface area (Å²) in [4.78, 5) is 15.7. The molecule has 0 amide bonds. The van der Waals surface area contributed by atoms with E-state index in [2.05, 4.69) is 32.2 Å². The number of imidazole rings is 1. The zero-order valence-corrected chi connectivity index (χ0v) is 11.2. The molecule has 0 aliphatic heterocycles. The number of nitrogens with one attached hydrogen (secondary N) is 2. The molecule has 3 rings (SSSR count). The van der Waals surface area contributed by atoms with E-state index >= 15 is 0 Å². The normalized spacial score (nSPS) is 23.6. The summed E-state index contributed by atoms with van der Waals surface area (Å²) in [7, 11) is 0. The first kappa shape index (κ1) is 12.2. The van der Waals surface area contributed by atoms with E-state index in [0.29, 0.717) is 17.6 Å². The van der Waals surface area contributed by atoms with Gasteiger partial charge in [-0.1, -0.05) is 26.2 Å².